The first kappa shape index (κ1) is 5.86. The highest BCUT2D eigenvalue weighted by Gasteiger charge is 2.35. The minimum absolute atomic E-state index is 0.0428. The molecule has 1 nitrogen and oxygen atoms in total. The Labute approximate surface area is 59.0 Å². The van der Waals surface area contributed by atoms with E-state index in [4.69, 9.17) is 0 Å². The lowest BCUT2D eigenvalue weighted by atomic mass is 10.2. The van der Waals surface area contributed by atoms with Crippen molar-refractivity contribution in [1.29, 1.82) is 0 Å². The van der Waals surface area contributed by atoms with Gasteiger partial charge in [0.2, 0.25) is 0 Å². The van der Waals surface area contributed by atoms with E-state index in [-0.39, 0.29) is 6.04 Å². The van der Waals surface area contributed by atoms with Crippen molar-refractivity contribution in [2.24, 2.45) is 0 Å². The average molecular weight is 137 g/mol. The van der Waals surface area contributed by atoms with E-state index in [1.165, 1.54) is 0 Å². The van der Waals surface area contributed by atoms with Gasteiger partial charge < -0.3 is 0 Å². The molecule has 0 saturated carbocycles. The van der Waals surface area contributed by atoms with E-state index in [1.54, 1.807) is 0 Å². The molecule has 1 fully saturated rings. The van der Waals surface area contributed by atoms with Crippen LogP contribution in [0.25, 0.3) is 0 Å². The van der Waals surface area contributed by atoms with Crippen LogP contribution in [0.15, 0.2) is 30.3 Å². The summed E-state index contributed by atoms with van der Waals surface area (Å²) in [5.74, 6) is 0. The molecule has 1 aromatic carbocycles. The van der Waals surface area contributed by atoms with Crippen molar-refractivity contribution in [2.75, 3.05) is 6.54 Å². The molecule has 0 aromatic heterocycles. The Kier molecular flexibility index (Phi) is 1.21. The molecule has 2 rings (SSSR count). The van der Waals surface area contributed by atoms with E-state index >= 15 is 0 Å². The van der Waals surface area contributed by atoms with Crippen molar-refractivity contribution >= 4 is 0 Å². The molecule has 1 aliphatic rings. The Morgan fingerprint density at radius 3 is 2.40 bits per heavy atom. The molecule has 2 atom stereocenters. The molecule has 52 valence electrons. The summed E-state index contributed by atoms with van der Waals surface area (Å²) < 4.78 is 12.3. The predicted octanol–water partition coefficient (Wildman–Crippen LogP) is 1.93. The highest BCUT2D eigenvalue weighted by molar-refractivity contribution is 5.22. The second kappa shape index (κ2) is 2.06. The fourth-order valence-electron chi connectivity index (χ4n) is 1.06. The van der Waals surface area contributed by atoms with E-state index < -0.39 is 0 Å². The van der Waals surface area contributed by atoms with Gasteiger partial charge in [-0.25, -0.2) is 0 Å². The summed E-state index contributed by atoms with van der Waals surface area (Å²) in [6.45, 7) is 0.560. The third kappa shape index (κ3) is 0.907. The number of hydrogen-bond acceptors (Lipinski definition) is 1. The van der Waals surface area contributed by atoms with Crippen molar-refractivity contribution in [3.05, 3.63) is 35.9 Å². The van der Waals surface area contributed by atoms with E-state index in [0.29, 0.717) is 6.54 Å². The van der Waals surface area contributed by atoms with Crippen molar-refractivity contribution in [3.63, 3.8) is 0 Å². The fourth-order valence-corrected chi connectivity index (χ4v) is 1.06. The molecule has 0 spiro atoms. The molecular weight excluding hydrogens is 129 g/mol. The summed E-state index contributed by atoms with van der Waals surface area (Å²) in [7, 11) is 0. The van der Waals surface area contributed by atoms with Crippen LogP contribution in [0.4, 0.5) is 4.48 Å². The summed E-state index contributed by atoms with van der Waals surface area (Å²) in [6.07, 6.45) is 0. The van der Waals surface area contributed by atoms with Crippen LogP contribution in [-0.2, 0) is 0 Å². The molecule has 0 bridgehead atoms. The molecule has 2 heteroatoms. The molecule has 2 unspecified atom stereocenters. The summed E-state index contributed by atoms with van der Waals surface area (Å²) in [4.78, 5) is 0. The first-order valence-corrected chi connectivity index (χ1v) is 3.35. The van der Waals surface area contributed by atoms with Crippen LogP contribution in [0, 0.1) is 0 Å². The quantitative estimate of drug-likeness (QED) is 0.422. The lowest BCUT2D eigenvalue weighted by Crippen LogP contribution is -1.81. The van der Waals surface area contributed by atoms with Gasteiger partial charge in [-0.05, 0) is 5.56 Å². The molecule has 1 saturated heterocycles. The molecule has 1 aromatic rings. The Morgan fingerprint density at radius 1 is 1.30 bits per heavy atom. The summed E-state index contributed by atoms with van der Waals surface area (Å²) >= 11 is 0. The van der Waals surface area contributed by atoms with Crippen molar-refractivity contribution < 1.29 is 4.48 Å². The maximum atomic E-state index is 12.3. The van der Waals surface area contributed by atoms with Crippen molar-refractivity contribution in [2.45, 2.75) is 6.04 Å². The number of hydrogen-bond donors (Lipinski definition) is 0. The van der Waals surface area contributed by atoms with Gasteiger partial charge in [0, 0.05) is 0 Å². The van der Waals surface area contributed by atoms with Crippen LogP contribution in [0.5, 0.6) is 0 Å². The van der Waals surface area contributed by atoms with Gasteiger partial charge >= 0.3 is 0 Å². The maximum absolute atomic E-state index is 12.3. The van der Waals surface area contributed by atoms with Crippen molar-refractivity contribution in [3.8, 4) is 0 Å². The molecule has 1 heterocycles. The fraction of sp³-hybridized carbons (Fsp3) is 0.250. The average Bonchev–Trinajstić information content (AvgIpc) is 2.69. The van der Waals surface area contributed by atoms with Gasteiger partial charge in [-0.15, -0.1) is 9.60 Å². The van der Waals surface area contributed by atoms with Crippen LogP contribution < -0.4 is 0 Å². The third-order valence-electron chi connectivity index (χ3n) is 1.74. The van der Waals surface area contributed by atoms with Gasteiger partial charge in [0.25, 0.3) is 0 Å². The minimum atomic E-state index is 0.0428. The summed E-state index contributed by atoms with van der Waals surface area (Å²) in [5, 5.41) is 0.829. The van der Waals surface area contributed by atoms with Crippen molar-refractivity contribution in [1.82, 2.24) is 5.12 Å². The second-order valence-electron chi connectivity index (χ2n) is 2.51. The highest BCUT2D eigenvalue weighted by atomic mass is 19.2. The second-order valence-corrected chi connectivity index (χ2v) is 2.51. The van der Waals surface area contributed by atoms with E-state index in [0.717, 1.165) is 10.7 Å². The topological polar surface area (TPSA) is 3.01 Å². The predicted molar refractivity (Wildman–Crippen MR) is 37.0 cm³/mol. The Morgan fingerprint density at radius 2 is 1.90 bits per heavy atom. The van der Waals surface area contributed by atoms with Crippen LogP contribution in [0.2, 0.25) is 0 Å². The van der Waals surface area contributed by atoms with Crippen LogP contribution in [0.3, 0.4) is 0 Å². The molecule has 10 heavy (non-hydrogen) atoms. The lowest BCUT2D eigenvalue weighted by molar-refractivity contribution is 0.167. The van der Waals surface area contributed by atoms with Gasteiger partial charge in [0.15, 0.2) is 0 Å². The lowest BCUT2D eigenvalue weighted by Gasteiger charge is -1.92. The minimum Gasteiger partial charge on any atom is -0.136 e. The smallest absolute Gasteiger partial charge is 0.0805 e. The zero-order valence-electron chi connectivity index (χ0n) is 5.50. The third-order valence-corrected chi connectivity index (χ3v) is 1.74. The van der Waals surface area contributed by atoms with Gasteiger partial charge in [0.05, 0.1) is 12.6 Å². The molecule has 0 radical (unpaired) electrons. The number of benzene rings is 1. The van der Waals surface area contributed by atoms with Gasteiger partial charge in [-0.3, -0.25) is 0 Å². The number of rotatable bonds is 1. The van der Waals surface area contributed by atoms with Crippen LogP contribution >= 0.6 is 0 Å². The normalized spacial score (nSPS) is 30.1. The highest BCUT2D eigenvalue weighted by Crippen LogP contribution is 2.34. The first-order chi connectivity index (χ1) is 4.88. The largest absolute Gasteiger partial charge is 0.136 e. The Hall–Kier alpha value is -0.890. The molecule has 1 aliphatic heterocycles. The standard InChI is InChI=1S/C8H8FN/c9-10-6-8(10)7-4-2-1-3-5-7/h1-5,8H,6H2. The van der Waals surface area contributed by atoms with Gasteiger partial charge in [-0.1, -0.05) is 30.3 Å². The maximum Gasteiger partial charge on any atom is 0.0805 e. The monoisotopic (exact) mass is 137 g/mol. The molecular formula is C8H8FN. The van der Waals surface area contributed by atoms with Crippen LogP contribution in [-0.4, -0.2) is 11.7 Å². The Bertz CT molecular complexity index is 222. The molecule has 0 amide bonds. The summed E-state index contributed by atoms with van der Waals surface area (Å²) in [6, 6.07) is 9.74. The van der Waals surface area contributed by atoms with Gasteiger partial charge in [-0.2, -0.15) is 0 Å². The van der Waals surface area contributed by atoms with E-state index in [1.807, 2.05) is 30.3 Å². The summed E-state index contributed by atoms with van der Waals surface area (Å²) in [5.41, 5.74) is 1.07. The molecule has 0 N–H and O–H groups in total. The Balaban J connectivity index is 2.20. The van der Waals surface area contributed by atoms with E-state index in [2.05, 4.69) is 0 Å². The van der Waals surface area contributed by atoms with Gasteiger partial charge in [0.1, 0.15) is 0 Å². The van der Waals surface area contributed by atoms with Crippen LogP contribution in [0.1, 0.15) is 11.6 Å². The zero-order valence-corrected chi connectivity index (χ0v) is 5.50. The zero-order chi connectivity index (χ0) is 6.97. The molecule has 0 aliphatic carbocycles. The first-order valence-electron chi connectivity index (χ1n) is 3.35. The SMILES string of the molecule is FN1CC1c1ccccc1. The van der Waals surface area contributed by atoms with E-state index in [9.17, 15) is 4.48 Å². The number of halogens is 1. The number of nitrogens with zero attached hydrogens (tertiary/aromatic N) is 1.